The van der Waals surface area contributed by atoms with Crippen molar-refractivity contribution < 1.29 is 14.7 Å². The van der Waals surface area contributed by atoms with Crippen LogP contribution in [0.25, 0.3) is 0 Å². The maximum absolute atomic E-state index is 12.4. The maximum atomic E-state index is 12.4. The molecular weight excluding hydrogens is 319 g/mol. The van der Waals surface area contributed by atoms with Gasteiger partial charge in [0.05, 0.1) is 10.8 Å². The molecule has 0 amide bonds. The first-order valence-electron chi connectivity index (χ1n) is 6.62. The monoisotopic (exact) mass is 334 g/mol. The fraction of sp³-hybridized carbons (Fsp3) is 0.571. The van der Waals surface area contributed by atoms with E-state index in [2.05, 4.69) is 0 Å². The van der Waals surface area contributed by atoms with Crippen molar-refractivity contribution >= 4 is 46.3 Å². The normalized spacial score (nSPS) is 17.9. The predicted molar refractivity (Wildman–Crippen MR) is 81.1 cm³/mol. The molecule has 1 aliphatic carbocycles. The minimum atomic E-state index is -0.839. The van der Waals surface area contributed by atoms with Gasteiger partial charge in [-0.2, -0.15) is 0 Å². The lowest BCUT2D eigenvalue weighted by atomic mass is 9.68. The van der Waals surface area contributed by atoms with Crippen molar-refractivity contribution in [1.29, 1.82) is 0 Å². The summed E-state index contributed by atoms with van der Waals surface area (Å²) in [7, 11) is 0. The van der Waals surface area contributed by atoms with Crippen LogP contribution in [-0.2, 0) is 4.79 Å². The highest BCUT2D eigenvalue weighted by atomic mass is 35.5. The number of halogens is 2. The minimum absolute atomic E-state index is 0.0498. The third-order valence-corrected chi connectivity index (χ3v) is 5.42. The van der Waals surface area contributed by atoms with E-state index < -0.39 is 11.4 Å². The minimum Gasteiger partial charge on any atom is -0.481 e. The average Bonchev–Trinajstić information content (AvgIpc) is 2.68. The first-order valence-corrected chi connectivity index (χ1v) is 8.19. The molecule has 1 saturated carbocycles. The number of carboxylic acids is 1. The van der Waals surface area contributed by atoms with Crippen LogP contribution in [0.5, 0.6) is 0 Å². The lowest BCUT2D eigenvalue weighted by molar-refractivity contribution is -0.140. The van der Waals surface area contributed by atoms with Gasteiger partial charge in [-0.1, -0.05) is 42.5 Å². The summed E-state index contributed by atoms with van der Waals surface area (Å²) in [5, 5.41) is 9.12. The summed E-state index contributed by atoms with van der Waals surface area (Å²) in [5.74, 6) is -0.935. The van der Waals surface area contributed by atoms with Gasteiger partial charge < -0.3 is 5.11 Å². The molecule has 1 heterocycles. The number of ketones is 1. The fourth-order valence-electron chi connectivity index (χ4n) is 3.00. The summed E-state index contributed by atoms with van der Waals surface area (Å²) in [6.07, 6.45) is 4.96. The highest BCUT2D eigenvalue weighted by Crippen LogP contribution is 2.44. The quantitative estimate of drug-likeness (QED) is 0.766. The molecule has 0 unspecified atom stereocenters. The average molecular weight is 335 g/mol. The summed E-state index contributed by atoms with van der Waals surface area (Å²) < 4.78 is 0.871. The molecule has 20 heavy (non-hydrogen) atoms. The van der Waals surface area contributed by atoms with Crippen LogP contribution in [0, 0.1) is 5.41 Å². The van der Waals surface area contributed by atoms with Crippen molar-refractivity contribution in [1.82, 2.24) is 0 Å². The number of carbonyl (C=O) groups excluding carboxylic acids is 1. The number of carboxylic acid groups (broad SMARTS) is 1. The molecule has 1 aromatic heterocycles. The summed E-state index contributed by atoms with van der Waals surface area (Å²) in [6.45, 7) is 0. The van der Waals surface area contributed by atoms with Crippen molar-refractivity contribution in [3.63, 3.8) is 0 Å². The maximum Gasteiger partial charge on any atom is 0.303 e. The third-order valence-electron chi connectivity index (χ3n) is 3.93. The van der Waals surface area contributed by atoms with Crippen molar-refractivity contribution in [3.8, 4) is 0 Å². The topological polar surface area (TPSA) is 54.4 Å². The van der Waals surface area contributed by atoms with Crippen molar-refractivity contribution in [2.45, 2.75) is 44.9 Å². The second-order valence-corrected chi connectivity index (χ2v) is 7.75. The van der Waals surface area contributed by atoms with Gasteiger partial charge >= 0.3 is 5.97 Å². The molecule has 3 nitrogen and oxygen atoms in total. The molecule has 1 N–H and O–H groups in total. The molecule has 0 radical (unpaired) electrons. The number of carbonyl (C=O) groups is 2. The summed E-state index contributed by atoms with van der Waals surface area (Å²) in [6, 6.07) is 1.58. The van der Waals surface area contributed by atoms with Gasteiger partial charge in [-0.05, 0) is 24.3 Å². The molecule has 0 atom stereocenters. The van der Waals surface area contributed by atoms with Gasteiger partial charge in [-0.15, -0.1) is 11.3 Å². The zero-order valence-corrected chi connectivity index (χ0v) is 13.3. The summed E-state index contributed by atoms with van der Waals surface area (Å²) in [4.78, 5) is 23.5. The smallest absolute Gasteiger partial charge is 0.303 e. The van der Waals surface area contributed by atoms with Gasteiger partial charge in [-0.3, -0.25) is 9.59 Å². The van der Waals surface area contributed by atoms with E-state index >= 15 is 0 Å². The van der Waals surface area contributed by atoms with E-state index in [0.717, 1.165) is 32.1 Å². The van der Waals surface area contributed by atoms with Gasteiger partial charge in [-0.25, -0.2) is 0 Å². The zero-order chi connectivity index (χ0) is 14.8. The van der Waals surface area contributed by atoms with Crippen LogP contribution in [0.4, 0.5) is 0 Å². The van der Waals surface area contributed by atoms with Crippen LogP contribution in [0.15, 0.2) is 6.07 Å². The summed E-state index contributed by atoms with van der Waals surface area (Å²) >= 11 is 13.0. The Morgan fingerprint density at radius 2 is 1.85 bits per heavy atom. The lowest BCUT2D eigenvalue weighted by Gasteiger charge is -2.35. The number of hydrogen-bond donors (Lipinski definition) is 1. The number of rotatable bonds is 5. The van der Waals surface area contributed by atoms with Crippen LogP contribution >= 0.6 is 34.5 Å². The molecule has 0 aromatic carbocycles. The predicted octanol–water partition coefficient (Wildman–Crippen LogP) is 5.05. The second kappa shape index (κ2) is 6.46. The number of Topliss-reactive ketones (excluding diaryl/α,β-unsaturated/α-hetero) is 1. The highest BCUT2D eigenvalue weighted by Gasteiger charge is 2.37. The van der Waals surface area contributed by atoms with Crippen LogP contribution in [0.3, 0.4) is 0 Å². The van der Waals surface area contributed by atoms with Crippen LogP contribution in [-0.4, -0.2) is 16.9 Å². The Kier molecular flexibility index (Phi) is 5.10. The Hall–Kier alpha value is -0.580. The fourth-order valence-corrected chi connectivity index (χ4v) is 4.50. The van der Waals surface area contributed by atoms with Crippen LogP contribution in [0.1, 0.15) is 55.3 Å². The summed E-state index contributed by atoms with van der Waals surface area (Å²) in [5.41, 5.74) is 0.0100. The molecule has 1 aliphatic rings. The molecule has 0 spiro atoms. The molecule has 0 bridgehead atoms. The van der Waals surface area contributed by atoms with E-state index in [4.69, 9.17) is 28.3 Å². The van der Waals surface area contributed by atoms with Crippen molar-refractivity contribution in [3.05, 3.63) is 20.3 Å². The SMILES string of the molecule is O=C(O)CC1(CC(=O)c2cc(Cl)sc2Cl)CCCCC1. The second-order valence-electron chi connectivity index (χ2n) is 5.47. The first kappa shape index (κ1) is 15.8. The standard InChI is InChI=1S/C14H16Cl2O3S/c15-11-6-9(13(16)20-11)10(17)7-14(8-12(18)19)4-2-1-3-5-14/h6H,1-5,7-8H2,(H,18,19). The first-order chi connectivity index (χ1) is 9.42. The highest BCUT2D eigenvalue weighted by molar-refractivity contribution is 7.20. The molecule has 110 valence electrons. The number of thiophene rings is 1. The van der Waals surface area contributed by atoms with E-state index in [1.165, 1.54) is 11.3 Å². The molecule has 1 fully saturated rings. The van der Waals surface area contributed by atoms with E-state index in [1.54, 1.807) is 6.07 Å². The van der Waals surface area contributed by atoms with Gasteiger partial charge in [0.1, 0.15) is 4.34 Å². The number of aliphatic carboxylic acids is 1. The molecule has 0 saturated heterocycles. The Bertz CT molecular complexity index is 518. The van der Waals surface area contributed by atoms with Gasteiger partial charge in [0.25, 0.3) is 0 Å². The molecule has 1 aromatic rings. The Morgan fingerprint density at radius 1 is 1.20 bits per heavy atom. The van der Waals surface area contributed by atoms with Crippen LogP contribution in [0.2, 0.25) is 8.67 Å². The van der Waals surface area contributed by atoms with Crippen molar-refractivity contribution in [2.75, 3.05) is 0 Å². The Labute approximate surface area is 131 Å². The molecular formula is C14H16Cl2O3S. The third kappa shape index (κ3) is 3.74. The van der Waals surface area contributed by atoms with Crippen LogP contribution < -0.4 is 0 Å². The van der Waals surface area contributed by atoms with E-state index in [1.807, 2.05) is 0 Å². The van der Waals surface area contributed by atoms with Crippen molar-refractivity contribution in [2.24, 2.45) is 5.41 Å². The van der Waals surface area contributed by atoms with E-state index in [9.17, 15) is 9.59 Å². The number of hydrogen-bond acceptors (Lipinski definition) is 3. The zero-order valence-electron chi connectivity index (χ0n) is 11.0. The van der Waals surface area contributed by atoms with Gasteiger partial charge in [0.15, 0.2) is 5.78 Å². The Balaban J connectivity index is 2.17. The lowest BCUT2D eigenvalue weighted by Crippen LogP contribution is -2.30. The van der Waals surface area contributed by atoms with Gasteiger partial charge in [0.2, 0.25) is 0 Å². The molecule has 6 heteroatoms. The largest absolute Gasteiger partial charge is 0.481 e. The van der Waals surface area contributed by atoms with E-state index in [-0.39, 0.29) is 18.6 Å². The van der Waals surface area contributed by atoms with E-state index in [0.29, 0.717) is 14.2 Å². The molecule has 0 aliphatic heterocycles. The Morgan fingerprint density at radius 3 is 2.35 bits per heavy atom. The molecule has 2 rings (SSSR count). The van der Waals surface area contributed by atoms with Gasteiger partial charge in [0, 0.05) is 12.0 Å².